The molecule has 50 valence electrons. The van der Waals surface area contributed by atoms with Crippen LogP contribution in [-0.4, -0.2) is 5.97 Å². The Balaban J connectivity index is 0.000000640. The first kappa shape index (κ1) is 7.92. The molecule has 0 aliphatic heterocycles. The van der Waals surface area contributed by atoms with E-state index in [2.05, 4.69) is 0 Å². The molecule has 0 atom stereocenters. The zero-order valence-electron chi connectivity index (χ0n) is 5.18. The summed E-state index contributed by atoms with van der Waals surface area (Å²) < 4.78 is 0. The number of hydrogen-bond acceptors (Lipinski definition) is 3. The van der Waals surface area contributed by atoms with E-state index >= 15 is 0 Å². The van der Waals surface area contributed by atoms with Gasteiger partial charge in [0.1, 0.15) is 0 Å². The largest absolute Gasteiger partial charge is 0.548 e. The van der Waals surface area contributed by atoms with Crippen molar-refractivity contribution in [3.05, 3.63) is 0 Å². The summed E-state index contributed by atoms with van der Waals surface area (Å²) in [6.07, 6.45) is 0.928. The van der Waals surface area contributed by atoms with E-state index in [9.17, 15) is 9.90 Å². The second-order valence-electron chi connectivity index (χ2n) is 1.98. The first-order valence-corrected chi connectivity index (χ1v) is 2.34. The lowest BCUT2D eigenvalue weighted by molar-refractivity contribution is -0.311. The predicted octanol–water partition coefficient (Wildman–Crippen LogP) is -0.584. The molecule has 0 radical (unpaired) electrons. The van der Waals surface area contributed by atoms with Gasteiger partial charge >= 0.3 is 0 Å². The van der Waals surface area contributed by atoms with Crippen LogP contribution in [0.2, 0.25) is 0 Å². The molecule has 0 aromatic carbocycles. The van der Waals surface area contributed by atoms with E-state index in [0.29, 0.717) is 12.8 Å². The molecule has 1 aliphatic rings. The van der Waals surface area contributed by atoms with Gasteiger partial charge in [0, 0.05) is 0 Å². The maximum Gasteiger partial charge on any atom is 0.0968 e. The summed E-state index contributed by atoms with van der Waals surface area (Å²) in [5, 5.41) is 18.1. The number of carboxylic acids is 1. The SMILES string of the molecule is N#CC1(C(=O)[O-])CC1.[NH4+]. The topological polar surface area (TPSA) is 100 Å². The molecule has 1 rings (SSSR count). The van der Waals surface area contributed by atoms with Gasteiger partial charge in [-0.25, -0.2) is 0 Å². The monoisotopic (exact) mass is 128 g/mol. The minimum atomic E-state index is -1.22. The molecule has 4 nitrogen and oxygen atoms in total. The number of nitrogens with zero attached hydrogens (tertiary/aromatic N) is 1. The van der Waals surface area contributed by atoms with Crippen molar-refractivity contribution in [1.29, 1.82) is 5.26 Å². The molecule has 4 N–H and O–H groups in total. The van der Waals surface area contributed by atoms with Crippen LogP contribution < -0.4 is 11.3 Å². The highest BCUT2D eigenvalue weighted by Crippen LogP contribution is 2.43. The lowest BCUT2D eigenvalue weighted by Crippen LogP contribution is -2.31. The van der Waals surface area contributed by atoms with E-state index in [1.807, 2.05) is 0 Å². The molecule has 0 aromatic rings. The van der Waals surface area contributed by atoms with Crippen LogP contribution in [0.15, 0.2) is 0 Å². The van der Waals surface area contributed by atoms with E-state index in [1.165, 1.54) is 0 Å². The minimum absolute atomic E-state index is 0. The number of quaternary nitrogens is 1. The highest BCUT2D eigenvalue weighted by molar-refractivity contribution is 5.79. The number of rotatable bonds is 1. The Morgan fingerprint density at radius 1 is 1.67 bits per heavy atom. The van der Waals surface area contributed by atoms with E-state index < -0.39 is 11.4 Å². The third-order valence-corrected chi connectivity index (χ3v) is 1.35. The Bertz CT molecular complexity index is 166. The number of nitriles is 1. The van der Waals surface area contributed by atoms with E-state index in [1.54, 1.807) is 6.07 Å². The molecular weight excluding hydrogens is 120 g/mol. The van der Waals surface area contributed by atoms with Gasteiger partial charge in [-0.3, -0.25) is 0 Å². The van der Waals surface area contributed by atoms with Gasteiger partial charge in [0.15, 0.2) is 0 Å². The molecule has 0 aromatic heterocycles. The summed E-state index contributed by atoms with van der Waals surface area (Å²) in [6.45, 7) is 0. The van der Waals surface area contributed by atoms with Crippen molar-refractivity contribution in [2.45, 2.75) is 12.8 Å². The molecule has 4 heteroatoms. The maximum absolute atomic E-state index is 9.98. The molecule has 0 saturated heterocycles. The normalized spacial score (nSPS) is 19.0. The van der Waals surface area contributed by atoms with Gasteiger partial charge in [-0.15, -0.1) is 0 Å². The van der Waals surface area contributed by atoms with Gasteiger partial charge in [-0.2, -0.15) is 5.26 Å². The van der Waals surface area contributed by atoms with Gasteiger partial charge in [0.25, 0.3) is 0 Å². The molecule has 0 unspecified atom stereocenters. The van der Waals surface area contributed by atoms with Crippen LogP contribution in [0.3, 0.4) is 0 Å². The van der Waals surface area contributed by atoms with Crippen LogP contribution in [0.25, 0.3) is 0 Å². The summed E-state index contributed by atoms with van der Waals surface area (Å²) in [7, 11) is 0. The highest BCUT2D eigenvalue weighted by Gasteiger charge is 2.44. The summed E-state index contributed by atoms with van der Waals surface area (Å²) in [4.78, 5) is 9.98. The first-order chi connectivity index (χ1) is 3.71. The lowest BCUT2D eigenvalue weighted by atomic mass is 10.1. The van der Waals surface area contributed by atoms with Crippen LogP contribution in [0, 0.1) is 16.7 Å². The van der Waals surface area contributed by atoms with Crippen molar-refractivity contribution in [2.75, 3.05) is 0 Å². The average Bonchev–Trinajstić information content (AvgIpc) is 2.44. The van der Waals surface area contributed by atoms with Gasteiger partial charge in [0.2, 0.25) is 0 Å². The van der Waals surface area contributed by atoms with Crippen LogP contribution in [0.4, 0.5) is 0 Å². The highest BCUT2D eigenvalue weighted by atomic mass is 16.4. The number of carbonyl (C=O) groups is 1. The van der Waals surface area contributed by atoms with Crippen LogP contribution in [0.5, 0.6) is 0 Å². The third kappa shape index (κ3) is 1.00. The number of hydrogen-bond donors (Lipinski definition) is 1. The number of aliphatic carboxylic acids is 1. The van der Waals surface area contributed by atoms with Gasteiger partial charge < -0.3 is 16.1 Å². The maximum atomic E-state index is 9.98. The van der Waals surface area contributed by atoms with Gasteiger partial charge in [-0.05, 0) is 12.8 Å². The average molecular weight is 128 g/mol. The Labute approximate surface area is 52.7 Å². The number of carboxylic acid groups (broad SMARTS) is 1. The quantitative estimate of drug-likeness (QED) is 0.511. The van der Waals surface area contributed by atoms with Crippen molar-refractivity contribution in [2.24, 2.45) is 5.41 Å². The van der Waals surface area contributed by atoms with Crippen molar-refractivity contribution in [1.82, 2.24) is 6.15 Å². The Morgan fingerprint density at radius 2 is 2.11 bits per heavy atom. The predicted molar refractivity (Wildman–Crippen MR) is 28.3 cm³/mol. The fourth-order valence-corrected chi connectivity index (χ4v) is 0.487. The smallest absolute Gasteiger partial charge is 0.0968 e. The van der Waals surface area contributed by atoms with Gasteiger partial charge in [-0.1, -0.05) is 0 Å². The van der Waals surface area contributed by atoms with Crippen LogP contribution >= 0.6 is 0 Å². The van der Waals surface area contributed by atoms with Crippen molar-refractivity contribution >= 4 is 5.97 Å². The first-order valence-electron chi connectivity index (χ1n) is 2.34. The van der Waals surface area contributed by atoms with Crippen molar-refractivity contribution in [3.63, 3.8) is 0 Å². The zero-order valence-corrected chi connectivity index (χ0v) is 5.18. The Hall–Kier alpha value is -1.08. The van der Waals surface area contributed by atoms with E-state index in [0.717, 1.165) is 0 Å². The number of carbonyl (C=O) groups excluding carboxylic acids is 1. The summed E-state index contributed by atoms with van der Waals surface area (Å²) >= 11 is 0. The fourth-order valence-electron chi connectivity index (χ4n) is 0.487. The summed E-state index contributed by atoms with van der Waals surface area (Å²) in [5.74, 6) is -1.22. The molecule has 0 heterocycles. The lowest BCUT2D eigenvalue weighted by Gasteiger charge is -2.02. The minimum Gasteiger partial charge on any atom is -0.548 e. The Morgan fingerprint density at radius 3 is 2.11 bits per heavy atom. The molecule has 9 heavy (non-hydrogen) atoms. The Kier molecular flexibility index (Phi) is 1.79. The molecule has 0 bridgehead atoms. The van der Waals surface area contributed by atoms with Crippen molar-refractivity contribution in [3.8, 4) is 6.07 Å². The molecule has 0 amide bonds. The third-order valence-electron chi connectivity index (χ3n) is 1.35. The second-order valence-corrected chi connectivity index (χ2v) is 1.98. The molecular formula is C5H8N2O2. The summed E-state index contributed by atoms with van der Waals surface area (Å²) in [6, 6.07) is 1.69. The van der Waals surface area contributed by atoms with Gasteiger partial charge in [0.05, 0.1) is 17.5 Å². The standard InChI is InChI=1S/C5H5NO2.H3N/c6-3-5(1-2-5)4(7)8;/h1-2H2,(H,7,8);1H3. The van der Waals surface area contributed by atoms with Crippen molar-refractivity contribution < 1.29 is 9.90 Å². The zero-order chi connectivity index (χ0) is 6.20. The molecule has 1 aliphatic carbocycles. The molecule has 1 fully saturated rings. The molecule has 0 spiro atoms. The summed E-state index contributed by atoms with van der Waals surface area (Å²) in [5.41, 5.74) is -1.10. The fraction of sp³-hybridized carbons (Fsp3) is 0.600. The van der Waals surface area contributed by atoms with Crippen LogP contribution in [-0.2, 0) is 4.79 Å². The van der Waals surface area contributed by atoms with E-state index in [4.69, 9.17) is 5.26 Å². The van der Waals surface area contributed by atoms with Crippen LogP contribution in [0.1, 0.15) is 12.8 Å². The second kappa shape index (κ2) is 2.03. The van der Waals surface area contributed by atoms with E-state index in [-0.39, 0.29) is 6.15 Å². The molecule has 1 saturated carbocycles.